The number of nitrogens with one attached hydrogen (secondary N) is 1. The topological polar surface area (TPSA) is 25.2 Å². The predicted octanol–water partition coefficient (Wildman–Crippen LogP) is 2.73. The highest BCUT2D eigenvalue weighted by atomic mass is 19.1. The Bertz CT molecular complexity index is 425. The second-order valence-corrected chi connectivity index (χ2v) is 3.29. The molecule has 1 unspecified atom stereocenters. The van der Waals surface area contributed by atoms with Crippen LogP contribution in [0.15, 0.2) is 47.1 Å². The Hall–Kier alpha value is -1.61. The lowest BCUT2D eigenvalue weighted by Crippen LogP contribution is -2.17. The molecule has 78 valence electrons. The fourth-order valence-electron chi connectivity index (χ4n) is 1.61. The SMILES string of the molecule is CNC(c1cccc(F)c1)c1ccco1. The maximum absolute atomic E-state index is 13.0. The van der Waals surface area contributed by atoms with Gasteiger partial charge in [-0.25, -0.2) is 4.39 Å². The van der Waals surface area contributed by atoms with Crippen LogP contribution in [0.3, 0.4) is 0 Å². The Labute approximate surface area is 87.7 Å². The van der Waals surface area contributed by atoms with Crippen LogP contribution in [-0.4, -0.2) is 7.05 Å². The van der Waals surface area contributed by atoms with E-state index in [0.29, 0.717) is 0 Å². The molecule has 0 fully saturated rings. The Morgan fingerprint density at radius 2 is 2.13 bits per heavy atom. The number of halogens is 1. The molecule has 2 nitrogen and oxygen atoms in total. The molecular formula is C12H12FNO. The first-order valence-corrected chi connectivity index (χ1v) is 4.77. The maximum Gasteiger partial charge on any atom is 0.125 e. The molecule has 2 rings (SSSR count). The summed E-state index contributed by atoms with van der Waals surface area (Å²) >= 11 is 0. The van der Waals surface area contributed by atoms with Gasteiger partial charge in [0.05, 0.1) is 12.3 Å². The monoisotopic (exact) mass is 205 g/mol. The van der Waals surface area contributed by atoms with E-state index in [-0.39, 0.29) is 11.9 Å². The number of benzene rings is 1. The van der Waals surface area contributed by atoms with Gasteiger partial charge in [0, 0.05) is 0 Å². The minimum absolute atomic E-state index is 0.101. The van der Waals surface area contributed by atoms with Crippen molar-refractivity contribution >= 4 is 0 Å². The van der Waals surface area contributed by atoms with Crippen molar-refractivity contribution in [2.45, 2.75) is 6.04 Å². The van der Waals surface area contributed by atoms with E-state index in [0.717, 1.165) is 11.3 Å². The second-order valence-electron chi connectivity index (χ2n) is 3.29. The number of hydrogen-bond acceptors (Lipinski definition) is 2. The van der Waals surface area contributed by atoms with Crippen LogP contribution in [0.1, 0.15) is 17.4 Å². The molecule has 0 saturated carbocycles. The number of furan rings is 1. The summed E-state index contributed by atoms with van der Waals surface area (Å²) in [6.07, 6.45) is 1.61. The smallest absolute Gasteiger partial charge is 0.125 e. The molecule has 0 spiro atoms. The molecule has 0 aliphatic rings. The average Bonchev–Trinajstić information content (AvgIpc) is 2.72. The van der Waals surface area contributed by atoms with Crippen molar-refractivity contribution < 1.29 is 8.81 Å². The van der Waals surface area contributed by atoms with Crippen molar-refractivity contribution in [2.24, 2.45) is 0 Å². The molecule has 0 amide bonds. The molecule has 2 aromatic rings. The van der Waals surface area contributed by atoms with Gasteiger partial charge in [0.25, 0.3) is 0 Å². The van der Waals surface area contributed by atoms with Gasteiger partial charge in [-0.2, -0.15) is 0 Å². The van der Waals surface area contributed by atoms with E-state index in [2.05, 4.69) is 5.32 Å². The van der Waals surface area contributed by atoms with Crippen LogP contribution < -0.4 is 5.32 Å². The highest BCUT2D eigenvalue weighted by molar-refractivity contribution is 5.26. The summed E-state index contributed by atoms with van der Waals surface area (Å²) in [5.41, 5.74) is 0.854. The molecule has 1 aromatic heterocycles. The third-order valence-corrected chi connectivity index (χ3v) is 2.30. The zero-order valence-electron chi connectivity index (χ0n) is 8.41. The van der Waals surface area contributed by atoms with E-state index in [4.69, 9.17) is 4.42 Å². The largest absolute Gasteiger partial charge is 0.467 e. The average molecular weight is 205 g/mol. The first-order valence-electron chi connectivity index (χ1n) is 4.77. The Morgan fingerprint density at radius 3 is 2.73 bits per heavy atom. The van der Waals surface area contributed by atoms with Gasteiger partial charge in [0.1, 0.15) is 11.6 Å². The van der Waals surface area contributed by atoms with Crippen LogP contribution in [0, 0.1) is 5.82 Å². The Kier molecular flexibility index (Phi) is 2.83. The van der Waals surface area contributed by atoms with Crippen molar-refractivity contribution in [3.63, 3.8) is 0 Å². The lowest BCUT2D eigenvalue weighted by atomic mass is 10.0. The molecule has 0 saturated heterocycles. The van der Waals surface area contributed by atoms with E-state index in [1.165, 1.54) is 12.1 Å². The van der Waals surface area contributed by atoms with Gasteiger partial charge in [-0.15, -0.1) is 0 Å². The molecule has 0 aliphatic heterocycles. The van der Waals surface area contributed by atoms with Gasteiger partial charge < -0.3 is 9.73 Å². The summed E-state index contributed by atoms with van der Waals surface area (Å²) in [7, 11) is 1.82. The first-order chi connectivity index (χ1) is 7.31. The highest BCUT2D eigenvalue weighted by Gasteiger charge is 2.14. The standard InChI is InChI=1S/C12H12FNO/c1-14-12(11-6-3-7-15-11)9-4-2-5-10(13)8-9/h2-8,12,14H,1H3. The molecular weight excluding hydrogens is 193 g/mol. The van der Waals surface area contributed by atoms with E-state index in [9.17, 15) is 4.39 Å². The molecule has 1 atom stereocenters. The first kappa shape index (κ1) is 9.93. The molecule has 1 aromatic carbocycles. The van der Waals surface area contributed by atoms with Gasteiger partial charge in [-0.05, 0) is 36.9 Å². The molecule has 1 N–H and O–H groups in total. The fraction of sp³-hybridized carbons (Fsp3) is 0.167. The molecule has 1 heterocycles. The van der Waals surface area contributed by atoms with Crippen LogP contribution in [0.4, 0.5) is 4.39 Å². The lowest BCUT2D eigenvalue weighted by Gasteiger charge is -2.13. The minimum atomic E-state index is -0.237. The van der Waals surface area contributed by atoms with E-state index < -0.39 is 0 Å². The Balaban J connectivity index is 2.35. The van der Waals surface area contributed by atoms with Crippen molar-refractivity contribution in [1.82, 2.24) is 5.32 Å². The summed E-state index contributed by atoms with van der Waals surface area (Å²) in [5.74, 6) is 0.544. The summed E-state index contributed by atoms with van der Waals surface area (Å²) < 4.78 is 18.3. The maximum atomic E-state index is 13.0. The second kappa shape index (κ2) is 4.28. The van der Waals surface area contributed by atoms with Gasteiger partial charge in [-0.3, -0.25) is 0 Å². The highest BCUT2D eigenvalue weighted by Crippen LogP contribution is 2.22. The van der Waals surface area contributed by atoms with Crippen LogP contribution in [0.2, 0.25) is 0 Å². The number of hydrogen-bond donors (Lipinski definition) is 1. The van der Waals surface area contributed by atoms with Crippen LogP contribution >= 0.6 is 0 Å². The van der Waals surface area contributed by atoms with E-state index >= 15 is 0 Å². The van der Waals surface area contributed by atoms with Gasteiger partial charge in [0.2, 0.25) is 0 Å². The third kappa shape index (κ3) is 2.07. The van der Waals surface area contributed by atoms with Crippen LogP contribution in [-0.2, 0) is 0 Å². The predicted molar refractivity (Wildman–Crippen MR) is 56.0 cm³/mol. The zero-order chi connectivity index (χ0) is 10.7. The van der Waals surface area contributed by atoms with E-state index in [1.807, 2.05) is 25.2 Å². The summed E-state index contributed by atoms with van der Waals surface area (Å²) in [5, 5.41) is 3.09. The number of rotatable bonds is 3. The van der Waals surface area contributed by atoms with Gasteiger partial charge in [0.15, 0.2) is 0 Å². The summed E-state index contributed by atoms with van der Waals surface area (Å²) in [6.45, 7) is 0. The van der Waals surface area contributed by atoms with Crippen molar-refractivity contribution in [3.8, 4) is 0 Å². The zero-order valence-corrected chi connectivity index (χ0v) is 8.41. The molecule has 0 radical (unpaired) electrons. The van der Waals surface area contributed by atoms with Gasteiger partial charge in [-0.1, -0.05) is 12.1 Å². The lowest BCUT2D eigenvalue weighted by molar-refractivity contribution is 0.462. The third-order valence-electron chi connectivity index (χ3n) is 2.30. The summed E-state index contributed by atoms with van der Waals surface area (Å²) in [6, 6.07) is 10.1. The van der Waals surface area contributed by atoms with Crippen LogP contribution in [0.25, 0.3) is 0 Å². The normalized spacial score (nSPS) is 12.7. The Morgan fingerprint density at radius 1 is 1.27 bits per heavy atom. The van der Waals surface area contributed by atoms with E-state index in [1.54, 1.807) is 12.3 Å². The van der Waals surface area contributed by atoms with Crippen molar-refractivity contribution in [2.75, 3.05) is 7.05 Å². The molecule has 0 aliphatic carbocycles. The fourth-order valence-corrected chi connectivity index (χ4v) is 1.61. The molecule has 15 heavy (non-hydrogen) atoms. The quantitative estimate of drug-likeness (QED) is 0.833. The van der Waals surface area contributed by atoms with Crippen LogP contribution in [0.5, 0.6) is 0 Å². The minimum Gasteiger partial charge on any atom is -0.467 e. The van der Waals surface area contributed by atoms with Crippen molar-refractivity contribution in [1.29, 1.82) is 0 Å². The van der Waals surface area contributed by atoms with Gasteiger partial charge >= 0.3 is 0 Å². The summed E-state index contributed by atoms with van der Waals surface area (Å²) in [4.78, 5) is 0. The molecule has 3 heteroatoms. The molecule has 0 bridgehead atoms. The van der Waals surface area contributed by atoms with Crippen molar-refractivity contribution in [3.05, 3.63) is 59.8 Å².